The number of alkyl halides is 3. The van der Waals surface area contributed by atoms with Crippen LogP contribution in [-0.4, -0.2) is 19.2 Å². The predicted molar refractivity (Wildman–Crippen MR) is 138 cm³/mol. The van der Waals surface area contributed by atoms with Gasteiger partial charge in [0.1, 0.15) is 11.6 Å². The Morgan fingerprint density at radius 2 is 1.65 bits per heavy atom. The van der Waals surface area contributed by atoms with Crippen molar-refractivity contribution >= 4 is 44.4 Å². The molecule has 4 rings (SSSR count). The number of aromatic nitrogens is 1. The highest BCUT2D eigenvalue weighted by atomic mass is 35.5. The van der Waals surface area contributed by atoms with E-state index >= 15 is 0 Å². The van der Waals surface area contributed by atoms with Crippen LogP contribution in [0.4, 0.5) is 13.2 Å². The van der Waals surface area contributed by atoms with Crippen molar-refractivity contribution in [1.29, 1.82) is 5.26 Å². The van der Waals surface area contributed by atoms with Crippen molar-refractivity contribution in [2.45, 2.75) is 17.6 Å². The van der Waals surface area contributed by atoms with Gasteiger partial charge >= 0.3 is 6.18 Å². The van der Waals surface area contributed by atoms with Gasteiger partial charge in [0.05, 0.1) is 27.6 Å². The second-order valence-corrected chi connectivity index (χ2v) is 12.0. The molecule has 12 heteroatoms. The van der Waals surface area contributed by atoms with Gasteiger partial charge < -0.3 is 4.57 Å². The maximum atomic E-state index is 13.8. The van der Waals surface area contributed by atoms with Crippen LogP contribution in [0.25, 0.3) is 21.0 Å². The minimum Gasteiger partial charge on any atom is -0.302 e. The highest BCUT2D eigenvalue weighted by Gasteiger charge is 2.36. The Labute approximate surface area is 223 Å². The molecule has 0 bridgehead atoms. The number of pyridine rings is 1. The molecule has 0 spiro atoms. The number of rotatable bonds is 5. The normalized spacial score (nSPS) is 11.9. The molecule has 0 aliphatic carbocycles. The summed E-state index contributed by atoms with van der Waals surface area (Å²) >= 11 is 13.3. The van der Waals surface area contributed by atoms with Crippen molar-refractivity contribution in [2.75, 3.05) is 6.26 Å². The first-order valence-corrected chi connectivity index (χ1v) is 13.9. The molecule has 0 saturated carbocycles. The molecule has 190 valence electrons. The molecule has 0 unspecified atom stereocenters. The minimum atomic E-state index is -4.93. The summed E-state index contributed by atoms with van der Waals surface area (Å²) in [6.07, 6.45) is -3.85. The molecule has 0 atom stereocenters. The Hall–Kier alpha value is -3.10. The van der Waals surface area contributed by atoms with Crippen molar-refractivity contribution in [3.63, 3.8) is 0 Å². The van der Waals surface area contributed by atoms with E-state index in [1.807, 2.05) is 0 Å². The molecule has 4 aromatic rings. The van der Waals surface area contributed by atoms with Crippen molar-refractivity contribution in [2.24, 2.45) is 0 Å². The smallest absolute Gasteiger partial charge is 0.302 e. The Bertz CT molecular complexity index is 1720. The van der Waals surface area contributed by atoms with Gasteiger partial charge in [-0.15, -0.1) is 11.3 Å². The van der Waals surface area contributed by atoms with Crippen molar-refractivity contribution < 1.29 is 21.6 Å². The molecule has 0 amide bonds. The van der Waals surface area contributed by atoms with Gasteiger partial charge in [0.15, 0.2) is 9.84 Å². The maximum absolute atomic E-state index is 13.8. The monoisotopic (exact) mass is 582 g/mol. The summed E-state index contributed by atoms with van der Waals surface area (Å²) in [6.45, 7) is -0.201. The average Bonchev–Trinajstić information content (AvgIpc) is 3.30. The molecule has 0 fully saturated rings. The summed E-state index contributed by atoms with van der Waals surface area (Å²) in [4.78, 5) is 14.3. The summed E-state index contributed by atoms with van der Waals surface area (Å²) in [6, 6.07) is 16.0. The Kier molecular flexibility index (Phi) is 7.27. The molecule has 2 aromatic carbocycles. The largest absolute Gasteiger partial charge is 0.417 e. The maximum Gasteiger partial charge on any atom is 0.417 e. The second kappa shape index (κ2) is 9.99. The topological polar surface area (TPSA) is 79.9 Å². The lowest BCUT2D eigenvalue weighted by atomic mass is 10.1. The number of benzene rings is 2. The fourth-order valence-electron chi connectivity index (χ4n) is 3.66. The number of hydrogen-bond acceptors (Lipinski definition) is 5. The van der Waals surface area contributed by atoms with Gasteiger partial charge in [0.25, 0.3) is 5.56 Å². The molecule has 0 saturated heterocycles. The van der Waals surface area contributed by atoms with Gasteiger partial charge in [-0.3, -0.25) is 4.79 Å². The fourth-order valence-corrected chi connectivity index (χ4v) is 5.79. The van der Waals surface area contributed by atoms with Gasteiger partial charge in [-0.25, -0.2) is 8.42 Å². The molecular formula is C25H15Cl2F3N2O3S2. The number of thiophene rings is 1. The first-order valence-electron chi connectivity index (χ1n) is 10.4. The van der Waals surface area contributed by atoms with Gasteiger partial charge in [-0.2, -0.15) is 18.4 Å². The lowest BCUT2D eigenvalue weighted by Crippen LogP contribution is -2.28. The highest BCUT2D eigenvalue weighted by molar-refractivity contribution is 7.90. The van der Waals surface area contributed by atoms with Crippen LogP contribution in [0.3, 0.4) is 0 Å². The summed E-state index contributed by atoms with van der Waals surface area (Å²) in [5.74, 6) is 0. The Morgan fingerprint density at radius 3 is 2.22 bits per heavy atom. The van der Waals surface area contributed by atoms with E-state index in [0.29, 0.717) is 25.9 Å². The third-order valence-electron chi connectivity index (χ3n) is 5.49. The lowest BCUT2D eigenvalue weighted by Gasteiger charge is -2.17. The first kappa shape index (κ1) is 26.9. The van der Waals surface area contributed by atoms with E-state index in [9.17, 15) is 31.6 Å². The van der Waals surface area contributed by atoms with Gasteiger partial charge in [0.2, 0.25) is 0 Å². The van der Waals surface area contributed by atoms with Crippen LogP contribution >= 0.6 is 34.5 Å². The molecule has 5 nitrogen and oxygen atoms in total. The Balaban J connectivity index is 1.89. The number of hydrogen-bond donors (Lipinski definition) is 0. The van der Waals surface area contributed by atoms with E-state index in [-0.39, 0.29) is 22.2 Å². The zero-order chi connectivity index (χ0) is 27.1. The van der Waals surface area contributed by atoms with Crippen LogP contribution in [0.15, 0.2) is 70.4 Å². The molecule has 0 aliphatic heterocycles. The van der Waals surface area contributed by atoms with E-state index in [0.717, 1.165) is 28.2 Å². The molecule has 0 aliphatic rings. The van der Waals surface area contributed by atoms with Crippen LogP contribution < -0.4 is 5.56 Å². The van der Waals surface area contributed by atoms with E-state index in [4.69, 9.17) is 23.2 Å². The van der Waals surface area contributed by atoms with Crippen LogP contribution in [0.2, 0.25) is 10.0 Å². The number of halogens is 5. The van der Waals surface area contributed by atoms with Crippen LogP contribution in [-0.2, 0) is 22.6 Å². The highest BCUT2D eigenvalue weighted by Crippen LogP contribution is 2.38. The summed E-state index contributed by atoms with van der Waals surface area (Å²) in [7, 11) is -3.40. The van der Waals surface area contributed by atoms with Crippen molar-refractivity contribution in [3.05, 3.63) is 97.8 Å². The van der Waals surface area contributed by atoms with Gasteiger partial charge in [0, 0.05) is 21.2 Å². The molecule has 0 N–H and O–H groups in total. The summed E-state index contributed by atoms with van der Waals surface area (Å²) in [5.41, 5.74) is -2.44. The number of sulfone groups is 1. The number of nitrogens with zero attached hydrogens (tertiary/aromatic N) is 2. The molecular weight excluding hydrogens is 568 g/mol. The minimum absolute atomic E-state index is 0.0497. The van der Waals surface area contributed by atoms with Crippen molar-refractivity contribution in [1.82, 2.24) is 4.57 Å². The quantitative estimate of drug-likeness (QED) is 0.256. The van der Waals surface area contributed by atoms with Crippen LogP contribution in [0.5, 0.6) is 0 Å². The second-order valence-electron chi connectivity index (χ2n) is 8.02. The van der Waals surface area contributed by atoms with E-state index in [2.05, 4.69) is 0 Å². The number of nitriles is 1. The summed E-state index contributed by atoms with van der Waals surface area (Å²) < 4.78 is 66.0. The third kappa shape index (κ3) is 5.60. The Morgan fingerprint density at radius 1 is 1.00 bits per heavy atom. The van der Waals surface area contributed by atoms with Gasteiger partial charge in [-0.1, -0.05) is 41.4 Å². The first-order chi connectivity index (χ1) is 17.3. The fraction of sp³-hybridized carbons (Fsp3) is 0.120. The lowest BCUT2D eigenvalue weighted by molar-refractivity contribution is -0.137. The van der Waals surface area contributed by atoms with Crippen LogP contribution in [0.1, 0.15) is 16.7 Å². The zero-order valence-electron chi connectivity index (χ0n) is 18.8. The zero-order valence-corrected chi connectivity index (χ0v) is 22.0. The van der Waals surface area contributed by atoms with E-state index in [1.54, 1.807) is 30.3 Å². The molecule has 2 aromatic heterocycles. The van der Waals surface area contributed by atoms with Gasteiger partial charge in [-0.05, 0) is 53.6 Å². The summed E-state index contributed by atoms with van der Waals surface area (Å²) in [5, 5.41) is 9.94. The van der Waals surface area contributed by atoms with E-state index in [1.165, 1.54) is 30.3 Å². The van der Waals surface area contributed by atoms with Crippen molar-refractivity contribution in [3.8, 4) is 27.1 Å². The van der Waals surface area contributed by atoms with E-state index < -0.39 is 32.7 Å². The molecule has 0 radical (unpaired) electrons. The predicted octanol–water partition coefficient (Wildman–Crippen LogP) is 6.89. The molecule has 37 heavy (non-hydrogen) atoms. The van der Waals surface area contributed by atoms with Crippen LogP contribution in [0, 0.1) is 11.3 Å². The average molecular weight is 583 g/mol. The molecule has 2 heterocycles. The SMILES string of the molecule is CS(=O)(=O)c1ccc(-c2ccc(-c3cc(C(F)(F)F)c(C#N)c(=O)n3Cc3ccc(Cl)cc3Cl)s2)cc1. The third-order valence-corrected chi connectivity index (χ3v) is 8.36. The standard InChI is InChI=1S/C25H15Cl2F3N2O3S2/c1-37(34,35)17-6-3-14(4-7-17)22-8-9-23(36-22)21-11-19(25(28,29)30)18(12-31)24(33)32(21)13-15-2-5-16(26)10-20(15)27/h2-11H,13H2,1H3.